The molecule has 0 aliphatic carbocycles. The average Bonchev–Trinajstić information content (AvgIpc) is 2.44. The lowest BCUT2D eigenvalue weighted by Crippen LogP contribution is -2.10. The third kappa shape index (κ3) is 4.35. The van der Waals surface area contributed by atoms with E-state index in [1.807, 2.05) is 0 Å². The zero-order valence-electron chi connectivity index (χ0n) is 10.8. The van der Waals surface area contributed by atoms with Gasteiger partial charge in [-0.15, -0.1) is 0 Å². The van der Waals surface area contributed by atoms with E-state index < -0.39 is 11.7 Å². The summed E-state index contributed by atoms with van der Waals surface area (Å²) in [5.74, 6) is 0. The normalized spacial score (nSPS) is 12.5. The summed E-state index contributed by atoms with van der Waals surface area (Å²) in [7, 11) is 0. The smallest absolute Gasteiger partial charge is 0.166 e. The fourth-order valence-electron chi connectivity index (χ4n) is 1.64. The zero-order valence-corrected chi connectivity index (χ0v) is 13.9. The highest BCUT2D eigenvalue weighted by Gasteiger charge is 2.35. The van der Waals surface area contributed by atoms with Gasteiger partial charge in [-0.05, 0) is 35.2 Å². The number of alkyl halides is 3. The second-order valence-electron chi connectivity index (χ2n) is 4.21. The molecule has 116 valence electrons. The first-order valence-corrected chi connectivity index (χ1v) is 7.94. The van der Waals surface area contributed by atoms with Crippen molar-refractivity contribution in [2.75, 3.05) is 0 Å². The second kappa shape index (κ2) is 7.18. The summed E-state index contributed by atoms with van der Waals surface area (Å²) in [6.07, 6.45) is -4.54. The molecule has 0 spiro atoms. The molecule has 0 atom stereocenters. The largest absolute Gasteiger partial charge is 0.417 e. The lowest BCUT2D eigenvalue weighted by molar-refractivity contribution is -0.0687. The summed E-state index contributed by atoms with van der Waals surface area (Å²) >= 11 is 18.4. The fourth-order valence-corrected chi connectivity index (χ4v) is 3.07. The molecule has 0 unspecified atom stereocenters. The molecule has 0 bridgehead atoms. The molecular formula is C15H8Cl3F3S. The molecule has 0 amide bonds. The maximum atomic E-state index is 13.3. The Hall–Kier alpha value is -0.810. The van der Waals surface area contributed by atoms with Crippen LogP contribution in [0.2, 0.25) is 15.1 Å². The predicted molar refractivity (Wildman–Crippen MR) is 87.8 cm³/mol. The Morgan fingerprint density at radius 2 is 1.50 bits per heavy atom. The first-order chi connectivity index (χ1) is 10.3. The summed E-state index contributed by atoms with van der Waals surface area (Å²) in [6, 6.07) is 11.0. The van der Waals surface area contributed by atoms with Crippen LogP contribution in [0.1, 0.15) is 5.56 Å². The molecule has 0 saturated carbocycles. The van der Waals surface area contributed by atoms with Crippen LogP contribution in [0, 0.1) is 0 Å². The standard InChI is InChI=1S/C15H8Cl3F3S/c16-12-6-9(7-13(17)14(12)18)11(15(19,20)21)8-22-10-4-2-1-3-5-10/h1-8H/b11-8+. The number of benzene rings is 2. The highest BCUT2D eigenvalue weighted by atomic mass is 35.5. The van der Waals surface area contributed by atoms with Crippen LogP contribution in [0.15, 0.2) is 52.8 Å². The van der Waals surface area contributed by atoms with Crippen LogP contribution in [0.5, 0.6) is 0 Å². The number of hydrogen-bond acceptors (Lipinski definition) is 1. The topological polar surface area (TPSA) is 0 Å². The van der Waals surface area contributed by atoms with E-state index in [9.17, 15) is 13.2 Å². The molecule has 22 heavy (non-hydrogen) atoms. The summed E-state index contributed by atoms with van der Waals surface area (Å²) in [6.45, 7) is 0. The molecule has 0 N–H and O–H groups in total. The van der Waals surface area contributed by atoms with Crippen LogP contribution >= 0.6 is 46.6 Å². The Morgan fingerprint density at radius 3 is 2.00 bits per heavy atom. The minimum atomic E-state index is -4.54. The fraction of sp³-hybridized carbons (Fsp3) is 0.0667. The number of allylic oxidation sites excluding steroid dienone is 1. The Bertz CT molecular complexity index is 674. The molecular weight excluding hydrogens is 376 g/mol. The summed E-state index contributed by atoms with van der Waals surface area (Å²) in [5, 5.41) is 1.02. The third-order valence-electron chi connectivity index (χ3n) is 2.66. The lowest BCUT2D eigenvalue weighted by Gasteiger charge is -2.13. The van der Waals surface area contributed by atoms with Gasteiger partial charge in [0.1, 0.15) is 0 Å². The number of rotatable bonds is 3. The van der Waals surface area contributed by atoms with Crippen LogP contribution in [-0.2, 0) is 0 Å². The molecule has 0 heterocycles. The molecule has 0 radical (unpaired) electrons. The SMILES string of the molecule is FC(F)(F)/C(=C/Sc1ccccc1)c1cc(Cl)c(Cl)c(Cl)c1. The van der Waals surface area contributed by atoms with Crippen molar-refractivity contribution < 1.29 is 13.2 Å². The van der Waals surface area contributed by atoms with Gasteiger partial charge < -0.3 is 0 Å². The van der Waals surface area contributed by atoms with Crippen molar-refractivity contribution in [3.8, 4) is 0 Å². The van der Waals surface area contributed by atoms with Crippen molar-refractivity contribution >= 4 is 52.1 Å². The maximum absolute atomic E-state index is 13.3. The first-order valence-electron chi connectivity index (χ1n) is 5.93. The average molecular weight is 384 g/mol. The second-order valence-corrected chi connectivity index (χ2v) is 6.35. The van der Waals surface area contributed by atoms with E-state index in [2.05, 4.69) is 0 Å². The summed E-state index contributed by atoms with van der Waals surface area (Å²) < 4.78 is 39.8. The van der Waals surface area contributed by atoms with Crippen molar-refractivity contribution in [1.82, 2.24) is 0 Å². The minimum Gasteiger partial charge on any atom is -0.166 e. The van der Waals surface area contributed by atoms with Gasteiger partial charge in [0.05, 0.1) is 20.6 Å². The van der Waals surface area contributed by atoms with Crippen LogP contribution in [0.25, 0.3) is 5.57 Å². The highest BCUT2D eigenvalue weighted by molar-refractivity contribution is 8.02. The number of hydrogen-bond donors (Lipinski definition) is 0. The molecule has 0 aliphatic heterocycles. The molecule has 2 aromatic rings. The Kier molecular flexibility index (Phi) is 5.72. The van der Waals surface area contributed by atoms with E-state index in [0.29, 0.717) is 4.90 Å². The van der Waals surface area contributed by atoms with E-state index >= 15 is 0 Å². The molecule has 7 heteroatoms. The van der Waals surface area contributed by atoms with E-state index in [1.54, 1.807) is 30.3 Å². The van der Waals surface area contributed by atoms with E-state index in [-0.39, 0.29) is 20.6 Å². The van der Waals surface area contributed by atoms with Gasteiger partial charge in [0.25, 0.3) is 0 Å². The first kappa shape index (κ1) is 17.5. The van der Waals surface area contributed by atoms with Gasteiger partial charge in [0.15, 0.2) is 0 Å². The Labute approximate surface area is 144 Å². The lowest BCUT2D eigenvalue weighted by atomic mass is 10.1. The highest BCUT2D eigenvalue weighted by Crippen LogP contribution is 2.41. The Balaban J connectivity index is 2.43. The van der Waals surface area contributed by atoms with Crippen LogP contribution < -0.4 is 0 Å². The molecule has 0 nitrogen and oxygen atoms in total. The quantitative estimate of drug-likeness (QED) is 0.394. The summed E-state index contributed by atoms with van der Waals surface area (Å²) in [5.41, 5.74) is -0.961. The summed E-state index contributed by atoms with van der Waals surface area (Å²) in [4.78, 5) is 0.690. The van der Waals surface area contributed by atoms with Crippen LogP contribution in [-0.4, -0.2) is 6.18 Å². The molecule has 0 fully saturated rings. The predicted octanol–water partition coefficient (Wildman–Crippen LogP) is 7.34. The molecule has 0 aliphatic rings. The molecule has 0 aromatic heterocycles. The number of thioether (sulfide) groups is 1. The van der Waals surface area contributed by atoms with Crippen LogP contribution in [0.4, 0.5) is 13.2 Å². The van der Waals surface area contributed by atoms with Crippen LogP contribution in [0.3, 0.4) is 0 Å². The van der Waals surface area contributed by atoms with Gasteiger partial charge in [-0.2, -0.15) is 13.2 Å². The Morgan fingerprint density at radius 1 is 0.955 bits per heavy atom. The number of halogens is 6. The third-order valence-corrected chi connectivity index (χ3v) is 4.75. The maximum Gasteiger partial charge on any atom is 0.417 e. The van der Waals surface area contributed by atoms with Crippen molar-refractivity contribution in [2.45, 2.75) is 11.1 Å². The minimum absolute atomic E-state index is 0.0240. The molecule has 2 rings (SSSR count). The molecule has 0 saturated heterocycles. The van der Waals surface area contributed by atoms with Gasteiger partial charge in [0.2, 0.25) is 0 Å². The van der Waals surface area contributed by atoms with E-state index in [1.165, 1.54) is 0 Å². The van der Waals surface area contributed by atoms with Crippen molar-refractivity contribution in [3.63, 3.8) is 0 Å². The van der Waals surface area contributed by atoms with Crippen molar-refractivity contribution in [1.29, 1.82) is 0 Å². The monoisotopic (exact) mass is 382 g/mol. The van der Waals surface area contributed by atoms with Gasteiger partial charge in [-0.25, -0.2) is 0 Å². The van der Waals surface area contributed by atoms with Gasteiger partial charge in [-0.3, -0.25) is 0 Å². The van der Waals surface area contributed by atoms with Crippen molar-refractivity contribution in [2.24, 2.45) is 0 Å². The zero-order chi connectivity index (χ0) is 16.3. The van der Waals surface area contributed by atoms with Gasteiger partial charge in [0, 0.05) is 4.90 Å². The van der Waals surface area contributed by atoms with Crippen molar-refractivity contribution in [3.05, 3.63) is 68.5 Å². The van der Waals surface area contributed by atoms with Gasteiger partial charge in [-0.1, -0.05) is 64.8 Å². The van der Waals surface area contributed by atoms with Gasteiger partial charge >= 0.3 is 6.18 Å². The van der Waals surface area contributed by atoms with E-state index in [4.69, 9.17) is 34.8 Å². The molecule has 2 aromatic carbocycles. The van der Waals surface area contributed by atoms with E-state index in [0.717, 1.165) is 29.3 Å².